The standard InChI is InChI=1S/C21H29N/c22-18-8-7-13-21(16-14-19-9-3-1-4-10-19)17-15-20-11-5-2-6-12-20/h1-6,9-12,21H,7-8,13-18,22H2. The fraction of sp³-hybridized carbons (Fsp3) is 0.429. The Balaban J connectivity index is 1.82. The van der Waals surface area contributed by atoms with Crippen LogP contribution in [0.4, 0.5) is 0 Å². The van der Waals surface area contributed by atoms with Crippen molar-refractivity contribution in [2.24, 2.45) is 11.7 Å². The van der Waals surface area contributed by atoms with Crippen molar-refractivity contribution in [1.29, 1.82) is 0 Å². The van der Waals surface area contributed by atoms with Gasteiger partial charge in [0.15, 0.2) is 0 Å². The molecule has 22 heavy (non-hydrogen) atoms. The summed E-state index contributed by atoms with van der Waals surface area (Å²) in [5.74, 6) is 0.812. The molecule has 2 aromatic rings. The first-order chi connectivity index (χ1) is 10.9. The van der Waals surface area contributed by atoms with Crippen molar-refractivity contribution >= 4 is 0 Å². The van der Waals surface area contributed by atoms with Crippen molar-refractivity contribution < 1.29 is 0 Å². The summed E-state index contributed by atoms with van der Waals surface area (Å²) in [4.78, 5) is 0. The van der Waals surface area contributed by atoms with Gasteiger partial charge in [-0.05, 0) is 55.7 Å². The molecule has 1 nitrogen and oxygen atoms in total. The lowest BCUT2D eigenvalue weighted by molar-refractivity contribution is 0.404. The number of hydrogen-bond acceptors (Lipinski definition) is 1. The summed E-state index contributed by atoms with van der Waals surface area (Å²) >= 11 is 0. The molecular weight excluding hydrogens is 266 g/mol. The molecule has 2 rings (SSSR count). The Morgan fingerprint density at radius 1 is 0.636 bits per heavy atom. The average Bonchev–Trinajstić information content (AvgIpc) is 2.59. The van der Waals surface area contributed by atoms with Gasteiger partial charge in [-0.3, -0.25) is 0 Å². The molecule has 0 aliphatic carbocycles. The van der Waals surface area contributed by atoms with Crippen LogP contribution in [-0.2, 0) is 12.8 Å². The monoisotopic (exact) mass is 295 g/mol. The lowest BCUT2D eigenvalue weighted by Gasteiger charge is -2.17. The zero-order valence-corrected chi connectivity index (χ0v) is 13.6. The fourth-order valence-corrected chi connectivity index (χ4v) is 3.04. The van der Waals surface area contributed by atoms with E-state index in [1.165, 1.54) is 49.7 Å². The first-order valence-electron chi connectivity index (χ1n) is 8.66. The Morgan fingerprint density at radius 2 is 1.14 bits per heavy atom. The Kier molecular flexibility index (Phi) is 7.76. The largest absolute Gasteiger partial charge is 0.330 e. The molecule has 0 amide bonds. The van der Waals surface area contributed by atoms with Crippen LogP contribution in [0.25, 0.3) is 0 Å². The van der Waals surface area contributed by atoms with Crippen LogP contribution < -0.4 is 5.73 Å². The molecule has 0 fully saturated rings. The summed E-state index contributed by atoms with van der Waals surface area (Å²) in [7, 11) is 0. The zero-order chi connectivity index (χ0) is 15.5. The molecule has 2 aromatic carbocycles. The normalized spacial score (nSPS) is 11.0. The highest BCUT2D eigenvalue weighted by Gasteiger charge is 2.09. The summed E-state index contributed by atoms with van der Waals surface area (Å²) in [6.45, 7) is 0.824. The summed E-state index contributed by atoms with van der Waals surface area (Å²) in [6, 6.07) is 21.7. The second-order valence-corrected chi connectivity index (χ2v) is 6.20. The van der Waals surface area contributed by atoms with Gasteiger partial charge in [-0.2, -0.15) is 0 Å². The van der Waals surface area contributed by atoms with Crippen LogP contribution in [-0.4, -0.2) is 6.54 Å². The molecule has 0 bridgehead atoms. The minimum atomic E-state index is 0.812. The third kappa shape index (κ3) is 6.44. The summed E-state index contributed by atoms with van der Waals surface area (Å²) < 4.78 is 0. The molecule has 2 N–H and O–H groups in total. The lowest BCUT2D eigenvalue weighted by atomic mass is 9.89. The van der Waals surface area contributed by atoms with Crippen LogP contribution in [0.5, 0.6) is 0 Å². The predicted octanol–water partition coefficient (Wildman–Crippen LogP) is 5.00. The average molecular weight is 295 g/mol. The quantitative estimate of drug-likeness (QED) is 0.613. The maximum absolute atomic E-state index is 5.64. The molecule has 118 valence electrons. The molecule has 0 spiro atoms. The van der Waals surface area contributed by atoms with E-state index in [1.54, 1.807) is 0 Å². The molecule has 0 radical (unpaired) electrons. The van der Waals surface area contributed by atoms with Crippen molar-refractivity contribution in [3.63, 3.8) is 0 Å². The second kappa shape index (κ2) is 10.2. The van der Waals surface area contributed by atoms with Gasteiger partial charge >= 0.3 is 0 Å². The Bertz CT molecular complexity index is 448. The molecule has 0 unspecified atom stereocenters. The highest BCUT2D eigenvalue weighted by Crippen LogP contribution is 2.22. The van der Waals surface area contributed by atoms with Crippen LogP contribution >= 0.6 is 0 Å². The van der Waals surface area contributed by atoms with E-state index < -0.39 is 0 Å². The van der Waals surface area contributed by atoms with Crippen LogP contribution in [0, 0.1) is 5.92 Å². The number of benzene rings is 2. The minimum Gasteiger partial charge on any atom is -0.330 e. The number of aryl methyl sites for hydroxylation is 2. The van der Waals surface area contributed by atoms with Crippen LogP contribution in [0.15, 0.2) is 60.7 Å². The molecule has 1 heteroatoms. The van der Waals surface area contributed by atoms with E-state index in [2.05, 4.69) is 60.7 Å². The van der Waals surface area contributed by atoms with Crippen LogP contribution in [0.3, 0.4) is 0 Å². The first-order valence-corrected chi connectivity index (χ1v) is 8.66. The molecule has 0 saturated carbocycles. The third-order valence-electron chi connectivity index (χ3n) is 4.43. The molecule has 0 aliphatic heterocycles. The third-order valence-corrected chi connectivity index (χ3v) is 4.43. The van der Waals surface area contributed by atoms with Gasteiger partial charge in [0.25, 0.3) is 0 Å². The molecule has 0 heterocycles. The molecular formula is C21H29N. The SMILES string of the molecule is NCCCCC(CCc1ccccc1)CCc1ccccc1. The highest BCUT2D eigenvalue weighted by atomic mass is 14.5. The number of rotatable bonds is 10. The predicted molar refractivity (Wildman–Crippen MR) is 95.9 cm³/mol. The van der Waals surface area contributed by atoms with Crippen molar-refractivity contribution in [3.05, 3.63) is 71.8 Å². The Hall–Kier alpha value is -1.60. The second-order valence-electron chi connectivity index (χ2n) is 6.20. The maximum atomic E-state index is 5.64. The smallest absolute Gasteiger partial charge is 0.00773 e. The number of hydrogen-bond donors (Lipinski definition) is 1. The highest BCUT2D eigenvalue weighted by molar-refractivity contribution is 5.15. The zero-order valence-electron chi connectivity index (χ0n) is 13.6. The van der Waals surface area contributed by atoms with Crippen molar-refractivity contribution in [2.75, 3.05) is 6.54 Å². The molecule has 0 aliphatic rings. The van der Waals surface area contributed by atoms with Gasteiger partial charge in [0.1, 0.15) is 0 Å². The molecule has 0 saturated heterocycles. The first kappa shape index (κ1) is 16.8. The van der Waals surface area contributed by atoms with Gasteiger partial charge in [0.2, 0.25) is 0 Å². The summed E-state index contributed by atoms with van der Waals surface area (Å²) in [5, 5.41) is 0. The van der Waals surface area contributed by atoms with Gasteiger partial charge in [-0.25, -0.2) is 0 Å². The number of unbranched alkanes of at least 4 members (excludes halogenated alkanes) is 1. The van der Waals surface area contributed by atoms with E-state index >= 15 is 0 Å². The van der Waals surface area contributed by atoms with Gasteiger partial charge in [-0.15, -0.1) is 0 Å². The molecule has 0 atom stereocenters. The van der Waals surface area contributed by atoms with E-state index in [4.69, 9.17) is 5.73 Å². The van der Waals surface area contributed by atoms with Crippen LogP contribution in [0.2, 0.25) is 0 Å². The Morgan fingerprint density at radius 3 is 1.59 bits per heavy atom. The van der Waals surface area contributed by atoms with E-state index in [1.807, 2.05) is 0 Å². The van der Waals surface area contributed by atoms with E-state index in [0.717, 1.165) is 18.9 Å². The lowest BCUT2D eigenvalue weighted by Crippen LogP contribution is -2.06. The van der Waals surface area contributed by atoms with Gasteiger partial charge < -0.3 is 5.73 Å². The van der Waals surface area contributed by atoms with Crippen LogP contribution in [0.1, 0.15) is 43.2 Å². The summed E-state index contributed by atoms with van der Waals surface area (Å²) in [5.41, 5.74) is 8.57. The molecule has 0 aromatic heterocycles. The van der Waals surface area contributed by atoms with Gasteiger partial charge in [0.05, 0.1) is 0 Å². The van der Waals surface area contributed by atoms with E-state index in [0.29, 0.717) is 0 Å². The Labute approximate surface area is 135 Å². The number of nitrogens with two attached hydrogens (primary N) is 1. The van der Waals surface area contributed by atoms with Gasteiger partial charge in [0, 0.05) is 0 Å². The fourth-order valence-electron chi connectivity index (χ4n) is 3.04. The van der Waals surface area contributed by atoms with E-state index in [-0.39, 0.29) is 0 Å². The topological polar surface area (TPSA) is 26.0 Å². The van der Waals surface area contributed by atoms with E-state index in [9.17, 15) is 0 Å². The van der Waals surface area contributed by atoms with Gasteiger partial charge in [-0.1, -0.05) is 73.5 Å². The van der Waals surface area contributed by atoms with Crippen molar-refractivity contribution in [3.8, 4) is 0 Å². The van der Waals surface area contributed by atoms with Crippen molar-refractivity contribution in [1.82, 2.24) is 0 Å². The summed E-state index contributed by atoms with van der Waals surface area (Å²) in [6.07, 6.45) is 8.73. The van der Waals surface area contributed by atoms with Crippen molar-refractivity contribution in [2.45, 2.75) is 44.9 Å². The maximum Gasteiger partial charge on any atom is -0.00773 e. The minimum absolute atomic E-state index is 0.812.